The minimum atomic E-state index is -0.932. The summed E-state index contributed by atoms with van der Waals surface area (Å²) in [5.74, 6) is 0.542. The number of aromatic nitrogens is 2. The zero-order valence-corrected chi connectivity index (χ0v) is 13.1. The molecule has 0 saturated carbocycles. The van der Waals surface area contributed by atoms with Gasteiger partial charge in [-0.2, -0.15) is 10.2 Å². The Labute approximate surface area is 129 Å². The number of ether oxygens (including phenoxy) is 1. The molecule has 2 atom stereocenters. The third-order valence-electron chi connectivity index (χ3n) is 3.26. The van der Waals surface area contributed by atoms with Gasteiger partial charge in [-0.05, 0) is 27.2 Å². The summed E-state index contributed by atoms with van der Waals surface area (Å²) in [6.45, 7) is 7.02. The largest absolute Gasteiger partial charge is 0.382 e. The molecule has 1 aliphatic rings. The van der Waals surface area contributed by atoms with Gasteiger partial charge in [0.05, 0.1) is 11.8 Å². The smallest absolute Gasteiger partial charge is 0.224 e. The van der Waals surface area contributed by atoms with E-state index in [1.165, 1.54) is 6.20 Å². The van der Waals surface area contributed by atoms with Gasteiger partial charge in [0.1, 0.15) is 17.5 Å². The van der Waals surface area contributed by atoms with Gasteiger partial charge in [0, 0.05) is 19.1 Å². The molecule has 0 bridgehead atoms. The molecule has 8 nitrogen and oxygen atoms in total. The van der Waals surface area contributed by atoms with Crippen molar-refractivity contribution in [3.8, 4) is 6.07 Å². The summed E-state index contributed by atoms with van der Waals surface area (Å²) in [6, 6.07) is 2.01. The third-order valence-corrected chi connectivity index (χ3v) is 3.26. The lowest BCUT2D eigenvalue weighted by Gasteiger charge is -2.29. The Kier molecular flexibility index (Phi) is 4.81. The molecule has 1 saturated heterocycles. The number of nitriles is 1. The van der Waals surface area contributed by atoms with Crippen molar-refractivity contribution in [2.24, 2.45) is 0 Å². The fourth-order valence-corrected chi connectivity index (χ4v) is 2.23. The fraction of sp³-hybridized carbons (Fsp3) is 0.643. The average Bonchev–Trinajstić information content (AvgIpc) is 2.85. The van der Waals surface area contributed by atoms with Crippen LogP contribution in [0.4, 0.5) is 11.8 Å². The SMILES string of the molecule is CC(C)(C)OC(O)N1CCC(Nc2ncc(C#N)c(N)n2)C1. The summed E-state index contributed by atoms with van der Waals surface area (Å²) in [7, 11) is 0. The van der Waals surface area contributed by atoms with Crippen LogP contribution in [0.15, 0.2) is 6.20 Å². The molecule has 0 spiro atoms. The first-order chi connectivity index (χ1) is 10.3. The van der Waals surface area contributed by atoms with E-state index < -0.39 is 12.0 Å². The number of likely N-dealkylation sites (tertiary alicyclic amines) is 1. The van der Waals surface area contributed by atoms with E-state index in [0.717, 1.165) is 6.42 Å². The van der Waals surface area contributed by atoms with E-state index in [9.17, 15) is 5.11 Å². The van der Waals surface area contributed by atoms with E-state index >= 15 is 0 Å². The van der Waals surface area contributed by atoms with Crippen molar-refractivity contribution in [3.05, 3.63) is 11.8 Å². The van der Waals surface area contributed by atoms with Crippen LogP contribution >= 0.6 is 0 Å². The number of aliphatic hydroxyl groups is 1. The first kappa shape index (κ1) is 16.4. The summed E-state index contributed by atoms with van der Waals surface area (Å²) in [4.78, 5) is 9.97. The van der Waals surface area contributed by atoms with Crippen LogP contribution in [0, 0.1) is 11.3 Å². The molecule has 0 amide bonds. The van der Waals surface area contributed by atoms with Gasteiger partial charge in [0.2, 0.25) is 12.4 Å². The van der Waals surface area contributed by atoms with Crippen molar-refractivity contribution in [2.75, 3.05) is 24.1 Å². The maximum absolute atomic E-state index is 10.1. The molecule has 22 heavy (non-hydrogen) atoms. The van der Waals surface area contributed by atoms with E-state index in [2.05, 4.69) is 15.3 Å². The highest BCUT2D eigenvalue weighted by molar-refractivity contribution is 5.49. The summed E-state index contributed by atoms with van der Waals surface area (Å²) in [5.41, 5.74) is 5.52. The van der Waals surface area contributed by atoms with Crippen LogP contribution in [0.1, 0.15) is 32.8 Å². The van der Waals surface area contributed by atoms with Crippen molar-refractivity contribution in [1.82, 2.24) is 14.9 Å². The Morgan fingerprint density at radius 3 is 2.91 bits per heavy atom. The molecule has 0 radical (unpaired) electrons. The zero-order chi connectivity index (χ0) is 16.3. The number of nitrogens with one attached hydrogen (secondary N) is 1. The van der Waals surface area contributed by atoms with E-state index in [4.69, 9.17) is 15.7 Å². The van der Waals surface area contributed by atoms with Crippen molar-refractivity contribution in [2.45, 2.75) is 45.2 Å². The molecule has 2 rings (SSSR count). The Hall–Kier alpha value is -1.95. The highest BCUT2D eigenvalue weighted by Crippen LogP contribution is 2.19. The average molecular weight is 306 g/mol. The second-order valence-electron chi connectivity index (χ2n) is 6.29. The van der Waals surface area contributed by atoms with Gasteiger partial charge in [-0.3, -0.25) is 4.90 Å². The number of nitrogens with two attached hydrogens (primary N) is 1. The molecule has 1 aliphatic heterocycles. The Balaban J connectivity index is 1.91. The third kappa shape index (κ3) is 4.27. The monoisotopic (exact) mass is 306 g/mol. The van der Waals surface area contributed by atoms with Crippen LogP contribution in [0.3, 0.4) is 0 Å². The highest BCUT2D eigenvalue weighted by atomic mass is 16.6. The molecule has 0 aromatic carbocycles. The van der Waals surface area contributed by atoms with Gasteiger partial charge in [-0.25, -0.2) is 4.98 Å². The number of rotatable bonds is 4. The minimum Gasteiger partial charge on any atom is -0.382 e. The molecule has 8 heteroatoms. The lowest BCUT2D eigenvalue weighted by atomic mass is 10.2. The molecule has 2 heterocycles. The van der Waals surface area contributed by atoms with E-state index in [-0.39, 0.29) is 17.4 Å². The second-order valence-corrected chi connectivity index (χ2v) is 6.29. The number of nitrogens with zero attached hydrogens (tertiary/aromatic N) is 4. The molecular weight excluding hydrogens is 284 g/mol. The van der Waals surface area contributed by atoms with E-state index in [0.29, 0.717) is 19.0 Å². The second kappa shape index (κ2) is 6.44. The van der Waals surface area contributed by atoms with Gasteiger partial charge in [0.25, 0.3) is 0 Å². The zero-order valence-electron chi connectivity index (χ0n) is 13.1. The molecule has 2 unspecified atom stereocenters. The predicted molar refractivity (Wildman–Crippen MR) is 81.6 cm³/mol. The van der Waals surface area contributed by atoms with Crippen LogP contribution < -0.4 is 11.1 Å². The molecule has 0 aliphatic carbocycles. The lowest BCUT2D eigenvalue weighted by Crippen LogP contribution is -2.41. The summed E-state index contributed by atoms with van der Waals surface area (Å²) in [5, 5.41) is 22.0. The first-order valence-corrected chi connectivity index (χ1v) is 7.17. The summed E-state index contributed by atoms with van der Waals surface area (Å²) >= 11 is 0. The fourth-order valence-electron chi connectivity index (χ4n) is 2.23. The number of hydrogen-bond donors (Lipinski definition) is 3. The van der Waals surface area contributed by atoms with Crippen molar-refractivity contribution >= 4 is 11.8 Å². The van der Waals surface area contributed by atoms with Crippen LogP contribution in [0.25, 0.3) is 0 Å². The van der Waals surface area contributed by atoms with Crippen molar-refractivity contribution < 1.29 is 9.84 Å². The van der Waals surface area contributed by atoms with E-state index in [1.54, 1.807) is 0 Å². The maximum atomic E-state index is 10.1. The van der Waals surface area contributed by atoms with Crippen LogP contribution in [-0.2, 0) is 4.74 Å². The molecular formula is C14H22N6O2. The van der Waals surface area contributed by atoms with Gasteiger partial charge in [-0.15, -0.1) is 0 Å². The molecule has 1 aromatic rings. The van der Waals surface area contributed by atoms with Crippen molar-refractivity contribution in [1.29, 1.82) is 5.26 Å². The van der Waals surface area contributed by atoms with Gasteiger partial charge in [-0.1, -0.05) is 0 Å². The minimum absolute atomic E-state index is 0.0885. The summed E-state index contributed by atoms with van der Waals surface area (Å²) in [6.07, 6.45) is 1.29. The molecule has 1 fully saturated rings. The van der Waals surface area contributed by atoms with Crippen molar-refractivity contribution in [3.63, 3.8) is 0 Å². The Morgan fingerprint density at radius 1 is 1.59 bits per heavy atom. The van der Waals surface area contributed by atoms with Gasteiger partial charge >= 0.3 is 0 Å². The van der Waals surface area contributed by atoms with Crippen LogP contribution in [0.2, 0.25) is 0 Å². The topological polar surface area (TPSA) is 120 Å². The normalized spacial score (nSPS) is 20.6. The maximum Gasteiger partial charge on any atom is 0.224 e. The van der Waals surface area contributed by atoms with Crippen LogP contribution in [0.5, 0.6) is 0 Å². The van der Waals surface area contributed by atoms with Gasteiger partial charge in [0.15, 0.2) is 0 Å². The Bertz CT molecular complexity index is 565. The molecule has 4 N–H and O–H groups in total. The van der Waals surface area contributed by atoms with Crippen LogP contribution in [-0.4, -0.2) is 51.1 Å². The molecule has 120 valence electrons. The summed E-state index contributed by atoms with van der Waals surface area (Å²) < 4.78 is 5.54. The highest BCUT2D eigenvalue weighted by Gasteiger charge is 2.30. The van der Waals surface area contributed by atoms with Gasteiger partial charge < -0.3 is 20.9 Å². The number of nitrogen functional groups attached to an aromatic ring is 1. The Morgan fingerprint density at radius 2 is 2.32 bits per heavy atom. The number of hydrogen-bond acceptors (Lipinski definition) is 8. The predicted octanol–water partition coefficient (Wildman–Crippen LogP) is 0.508. The van der Waals surface area contributed by atoms with E-state index in [1.807, 2.05) is 31.7 Å². The standard InChI is InChI=1S/C14H22N6O2/c1-14(2,3)22-13(21)20-5-4-10(8-20)18-12-17-7-9(6-15)11(16)19-12/h7,10,13,21H,4-5,8H2,1-3H3,(H3,16,17,18,19). The quantitative estimate of drug-likeness (QED) is 0.688. The number of anilines is 2. The first-order valence-electron chi connectivity index (χ1n) is 7.17. The molecule has 1 aromatic heterocycles. The number of aliphatic hydroxyl groups excluding tert-OH is 1. The lowest BCUT2D eigenvalue weighted by molar-refractivity contribution is -0.233.